The van der Waals surface area contributed by atoms with Crippen LogP contribution in [0.3, 0.4) is 0 Å². The highest BCUT2D eigenvalue weighted by atomic mass is 32.2. The Balaban J connectivity index is 0.000000204. The predicted molar refractivity (Wildman–Crippen MR) is 251 cm³/mol. The first-order chi connectivity index (χ1) is 31.9. The fraction of sp³-hybridized carbons (Fsp3) is 0.360. The summed E-state index contributed by atoms with van der Waals surface area (Å²) >= 11 is 1.44. The van der Waals surface area contributed by atoms with Crippen LogP contribution in [0.4, 0.5) is 0 Å². The quantitative estimate of drug-likeness (QED) is 0.158. The number of phenolic OH excluding ortho intramolecular Hbond substituents is 2. The lowest BCUT2D eigenvalue weighted by atomic mass is 9.56. The number of nitrogens with zero attached hydrogens (tertiary/aromatic N) is 2. The number of amides is 1. The first kappa shape index (κ1) is 50.3. The van der Waals surface area contributed by atoms with Crippen LogP contribution in [-0.4, -0.2) is 137 Å². The molecule has 364 valence electrons. The topological polar surface area (TPSA) is 323 Å². The second-order valence-corrected chi connectivity index (χ2v) is 19.6. The van der Waals surface area contributed by atoms with Crippen molar-refractivity contribution in [3.8, 4) is 11.5 Å². The molecule has 3 aromatic rings. The third-order valence-corrected chi connectivity index (χ3v) is 15.7. The standard InChI is InChI=1S/C28H27NO7S.C21H23N3O7.CH4/c1-13(30)19-24(33)22(29(2)3)17-12-16-21(27(35)28(17,36)26(19)34)23(32)20-15(10-7-11-18(20)31)25(16)37-14-8-5-4-6-9-14;1-24(2)15-9-6-8-12(16(26)11-7(14(8)22)4-3-5-10(11)25)18(28)21(9,31)19(29)13(17(15)27)20(23)30;/h4-11,16-17,22,25,31-32,34,36H,12H2,1-3H3;3-5,8-9,14-15,25-26,29,31H,6,22H2,1-2H3,(H2,23,30);1H4/t16-,17-,22-,25-,28+;8-,9-,14-,15-,21-;/m00./s1. The van der Waals surface area contributed by atoms with E-state index in [2.05, 4.69) is 0 Å². The minimum absolute atomic E-state index is 0. The van der Waals surface area contributed by atoms with Crippen LogP contribution in [0.1, 0.15) is 60.7 Å². The number of primary amides is 1. The van der Waals surface area contributed by atoms with Crippen molar-refractivity contribution in [2.75, 3.05) is 28.2 Å². The molecule has 1 amide bonds. The van der Waals surface area contributed by atoms with Gasteiger partial charge < -0.3 is 52.3 Å². The summed E-state index contributed by atoms with van der Waals surface area (Å²) in [4.78, 5) is 82.1. The van der Waals surface area contributed by atoms with Crippen LogP contribution in [0.25, 0.3) is 11.5 Å². The Bertz CT molecular complexity index is 2890. The number of ketones is 5. The summed E-state index contributed by atoms with van der Waals surface area (Å²) in [6, 6.07) is 15.7. The summed E-state index contributed by atoms with van der Waals surface area (Å²) in [6.07, 6.45) is 0.00759. The molecular formula is C50H54N4O14S. The number of Topliss-reactive ketones (excluding diaryl/α,β-unsaturated/α-hetero) is 5. The number of rotatable bonds is 6. The summed E-state index contributed by atoms with van der Waals surface area (Å²) in [5.74, 6) is -13.0. The number of benzene rings is 3. The second-order valence-electron chi connectivity index (χ2n) is 18.4. The van der Waals surface area contributed by atoms with E-state index in [9.17, 15) is 69.6 Å². The molecule has 0 saturated heterocycles. The highest BCUT2D eigenvalue weighted by molar-refractivity contribution is 7.99. The fourth-order valence-corrected chi connectivity index (χ4v) is 12.7. The average Bonchev–Trinajstić information content (AvgIpc) is 3.26. The van der Waals surface area contributed by atoms with E-state index >= 15 is 0 Å². The maximum absolute atomic E-state index is 14.1. The number of aliphatic hydroxyl groups is 6. The van der Waals surface area contributed by atoms with Gasteiger partial charge in [-0.1, -0.05) is 49.9 Å². The minimum atomic E-state index is -2.67. The van der Waals surface area contributed by atoms with Gasteiger partial charge in [0.25, 0.3) is 5.91 Å². The number of nitrogens with two attached hydrogens (primary N) is 2. The largest absolute Gasteiger partial charge is 0.508 e. The number of aliphatic hydroxyl groups excluding tert-OH is 4. The molecule has 0 unspecified atom stereocenters. The fourth-order valence-electron chi connectivity index (χ4n) is 11.3. The zero-order valence-corrected chi connectivity index (χ0v) is 38.2. The molecule has 0 spiro atoms. The molecule has 18 nitrogen and oxygen atoms in total. The van der Waals surface area contributed by atoms with E-state index in [1.165, 1.54) is 47.8 Å². The number of fused-ring (bicyclic) bond motifs is 6. The maximum atomic E-state index is 14.1. The highest BCUT2D eigenvalue weighted by Crippen LogP contribution is 2.60. The van der Waals surface area contributed by atoms with Crippen LogP contribution in [-0.2, 0) is 28.8 Å². The predicted octanol–water partition coefficient (Wildman–Crippen LogP) is 3.42. The Morgan fingerprint density at radius 2 is 1.07 bits per heavy atom. The summed E-state index contributed by atoms with van der Waals surface area (Å²) in [5.41, 5.74) is 5.59. The first-order valence-corrected chi connectivity index (χ1v) is 22.4. The number of hydrogen-bond acceptors (Lipinski definition) is 18. The Kier molecular flexibility index (Phi) is 12.9. The van der Waals surface area contributed by atoms with Crippen LogP contribution >= 0.6 is 11.8 Å². The van der Waals surface area contributed by atoms with Crippen molar-refractivity contribution in [1.82, 2.24) is 9.80 Å². The lowest BCUT2D eigenvalue weighted by molar-refractivity contribution is -0.155. The molecule has 69 heavy (non-hydrogen) atoms. The van der Waals surface area contributed by atoms with Gasteiger partial charge in [-0.05, 0) is 83.3 Å². The number of thioether (sulfide) groups is 1. The van der Waals surface area contributed by atoms with Crippen molar-refractivity contribution in [1.29, 1.82) is 0 Å². The molecule has 2 fully saturated rings. The van der Waals surface area contributed by atoms with E-state index in [4.69, 9.17) is 11.5 Å². The molecule has 0 bridgehead atoms. The van der Waals surface area contributed by atoms with Gasteiger partial charge in [-0.3, -0.25) is 38.6 Å². The van der Waals surface area contributed by atoms with Crippen LogP contribution in [0.15, 0.2) is 105 Å². The summed E-state index contributed by atoms with van der Waals surface area (Å²) in [5, 5.41) is 87.7. The molecule has 9 rings (SSSR count). The number of phenols is 2. The van der Waals surface area contributed by atoms with Gasteiger partial charge in [0.1, 0.15) is 45.7 Å². The van der Waals surface area contributed by atoms with Crippen molar-refractivity contribution >= 4 is 58.1 Å². The molecule has 19 heteroatoms. The van der Waals surface area contributed by atoms with E-state index in [1.807, 2.05) is 30.3 Å². The van der Waals surface area contributed by atoms with Crippen LogP contribution < -0.4 is 11.5 Å². The van der Waals surface area contributed by atoms with Crippen molar-refractivity contribution in [3.63, 3.8) is 0 Å². The summed E-state index contributed by atoms with van der Waals surface area (Å²) in [6.45, 7) is 1.09. The number of hydrogen-bond donors (Lipinski definition) is 10. The average molecular weight is 967 g/mol. The van der Waals surface area contributed by atoms with Gasteiger partial charge in [0.05, 0.1) is 23.2 Å². The van der Waals surface area contributed by atoms with Gasteiger partial charge in [-0.2, -0.15) is 0 Å². The second kappa shape index (κ2) is 17.7. The molecule has 2 saturated carbocycles. The van der Waals surface area contributed by atoms with Crippen LogP contribution in [0.5, 0.6) is 11.5 Å². The molecule has 12 N–H and O–H groups in total. The monoisotopic (exact) mass is 966 g/mol. The Morgan fingerprint density at radius 3 is 1.55 bits per heavy atom. The molecule has 0 aliphatic heterocycles. The van der Waals surface area contributed by atoms with Crippen LogP contribution in [0.2, 0.25) is 0 Å². The maximum Gasteiger partial charge on any atom is 0.255 e. The zero-order chi connectivity index (χ0) is 49.8. The van der Waals surface area contributed by atoms with E-state index < -0.39 is 127 Å². The Hall–Kier alpha value is -6.61. The molecule has 0 heterocycles. The molecular weight excluding hydrogens is 913 g/mol. The van der Waals surface area contributed by atoms with E-state index in [0.717, 1.165) is 11.8 Å². The van der Waals surface area contributed by atoms with Gasteiger partial charge >= 0.3 is 0 Å². The smallest absolute Gasteiger partial charge is 0.255 e. The highest BCUT2D eigenvalue weighted by Gasteiger charge is 2.66. The number of aromatic hydroxyl groups is 2. The molecule has 10 atom stereocenters. The molecule has 0 aromatic heterocycles. The number of carbonyl (C=O) groups excluding carboxylic acids is 6. The van der Waals surface area contributed by atoms with Crippen molar-refractivity contribution in [3.05, 3.63) is 123 Å². The molecule has 6 aliphatic carbocycles. The minimum Gasteiger partial charge on any atom is -0.508 e. The third-order valence-electron chi connectivity index (χ3n) is 14.3. The van der Waals surface area contributed by atoms with E-state index in [1.54, 1.807) is 38.4 Å². The lowest BCUT2D eigenvalue weighted by Crippen LogP contribution is -2.66. The first-order valence-electron chi connectivity index (χ1n) is 21.6. The van der Waals surface area contributed by atoms with Crippen LogP contribution in [0, 0.1) is 23.7 Å². The summed E-state index contributed by atoms with van der Waals surface area (Å²) in [7, 11) is 6.29. The van der Waals surface area contributed by atoms with Crippen molar-refractivity contribution in [2.24, 2.45) is 35.1 Å². The molecule has 3 aromatic carbocycles. The van der Waals surface area contributed by atoms with Crippen molar-refractivity contribution in [2.45, 2.75) is 66.7 Å². The van der Waals surface area contributed by atoms with Crippen molar-refractivity contribution < 1.29 is 69.6 Å². The summed E-state index contributed by atoms with van der Waals surface area (Å²) < 4.78 is 0. The normalized spacial score (nSPS) is 30.3. The Labute approximate surface area is 400 Å². The third kappa shape index (κ3) is 7.20. The van der Waals surface area contributed by atoms with Gasteiger partial charge in [0.15, 0.2) is 28.6 Å². The number of likely N-dealkylation sites (N-methyl/N-ethyl adjacent to an activating group) is 2. The van der Waals surface area contributed by atoms with E-state index in [0.29, 0.717) is 11.1 Å². The van der Waals surface area contributed by atoms with Gasteiger partial charge in [0.2, 0.25) is 11.6 Å². The Morgan fingerprint density at radius 1 is 0.638 bits per heavy atom. The number of carbonyl (C=O) groups is 6. The lowest BCUT2D eigenvalue weighted by Gasteiger charge is -2.51. The SMILES string of the molecule is C.CC(=O)C1=C(O)[C@@]2(O)C(=O)C3=C(O)c4c(O)cccc4[C@H](Sc4ccccc4)[C@H]3C[C@H]2[C@H](N(C)C)C1=O.CN(C)[C@@H]1C(=O)C(C(N)=O)=C(O)[C@@]2(O)C(=O)C3=C(O)c4c(O)cccc4[C@H](N)[C@H]3C[C@@H]12. The molecule has 6 aliphatic rings. The van der Waals surface area contributed by atoms with Gasteiger partial charge in [0, 0.05) is 51.0 Å². The van der Waals surface area contributed by atoms with E-state index in [-0.39, 0.29) is 54.0 Å². The van der Waals surface area contributed by atoms with Gasteiger partial charge in [-0.25, -0.2) is 0 Å². The molecule has 0 radical (unpaired) electrons. The van der Waals surface area contributed by atoms with Gasteiger partial charge in [-0.15, -0.1) is 11.8 Å². The zero-order valence-electron chi connectivity index (χ0n) is 37.4.